The summed E-state index contributed by atoms with van der Waals surface area (Å²) in [4.78, 5) is 13.8. The van der Waals surface area contributed by atoms with Crippen molar-refractivity contribution < 1.29 is 13.2 Å². The molecule has 1 amide bonds. The number of nitrogens with one attached hydrogen (secondary N) is 1. The van der Waals surface area contributed by atoms with Crippen molar-refractivity contribution in [2.75, 3.05) is 25.1 Å². The Hall–Kier alpha value is -1.40. The van der Waals surface area contributed by atoms with Crippen molar-refractivity contribution >= 4 is 15.7 Å². The molecular formula is C15H22N2O3S. The minimum Gasteiger partial charge on any atom is -0.322 e. The van der Waals surface area contributed by atoms with E-state index in [1.54, 1.807) is 4.90 Å². The van der Waals surface area contributed by atoms with Gasteiger partial charge in [0.25, 0.3) is 0 Å². The highest BCUT2D eigenvalue weighted by Gasteiger charge is 2.32. The van der Waals surface area contributed by atoms with Crippen LogP contribution >= 0.6 is 0 Å². The van der Waals surface area contributed by atoms with Gasteiger partial charge in [-0.1, -0.05) is 23.8 Å². The van der Waals surface area contributed by atoms with Crippen LogP contribution in [-0.2, 0) is 14.6 Å². The van der Waals surface area contributed by atoms with E-state index >= 15 is 0 Å². The molecule has 2 rings (SSSR count). The minimum atomic E-state index is -2.99. The van der Waals surface area contributed by atoms with E-state index < -0.39 is 9.84 Å². The maximum Gasteiger partial charge on any atom is 0.238 e. The summed E-state index contributed by atoms with van der Waals surface area (Å²) in [7, 11) is -2.99. The number of carbonyl (C=O) groups is 1. The second-order valence-electron chi connectivity index (χ2n) is 5.71. The number of sulfone groups is 1. The third-order valence-corrected chi connectivity index (χ3v) is 4.75. The van der Waals surface area contributed by atoms with Gasteiger partial charge in [-0.15, -0.1) is 0 Å². The van der Waals surface area contributed by atoms with Crippen molar-refractivity contribution in [3.05, 3.63) is 34.9 Å². The van der Waals surface area contributed by atoms with E-state index in [1.165, 1.54) is 6.26 Å². The first kappa shape index (κ1) is 16.0. The zero-order chi connectivity index (χ0) is 15.6. The van der Waals surface area contributed by atoms with E-state index in [4.69, 9.17) is 0 Å². The molecule has 0 aliphatic carbocycles. The topological polar surface area (TPSA) is 66.5 Å². The molecule has 1 aliphatic heterocycles. The normalized spacial score (nSPS) is 19.3. The van der Waals surface area contributed by atoms with Crippen LogP contribution in [0.25, 0.3) is 0 Å². The van der Waals surface area contributed by atoms with Gasteiger partial charge >= 0.3 is 0 Å². The van der Waals surface area contributed by atoms with Crippen molar-refractivity contribution in [3.8, 4) is 0 Å². The number of benzene rings is 1. The van der Waals surface area contributed by atoms with Crippen LogP contribution < -0.4 is 5.32 Å². The van der Waals surface area contributed by atoms with Crippen LogP contribution in [0.4, 0.5) is 0 Å². The van der Waals surface area contributed by atoms with Crippen LogP contribution in [0.3, 0.4) is 0 Å². The summed E-state index contributed by atoms with van der Waals surface area (Å²) < 4.78 is 22.4. The van der Waals surface area contributed by atoms with Gasteiger partial charge in [0.05, 0.1) is 12.3 Å². The van der Waals surface area contributed by atoms with Crippen molar-refractivity contribution in [1.29, 1.82) is 0 Å². The molecule has 1 aliphatic rings. The monoisotopic (exact) mass is 310 g/mol. The molecule has 1 aromatic carbocycles. The average Bonchev–Trinajstić information content (AvgIpc) is 2.73. The molecule has 0 bridgehead atoms. The quantitative estimate of drug-likeness (QED) is 0.886. The molecule has 1 unspecified atom stereocenters. The lowest BCUT2D eigenvalue weighted by molar-refractivity contribution is -0.128. The molecule has 21 heavy (non-hydrogen) atoms. The summed E-state index contributed by atoms with van der Waals surface area (Å²) in [5.74, 6) is 0.130. The molecule has 1 aromatic rings. The maximum atomic E-state index is 12.0. The fraction of sp³-hybridized carbons (Fsp3) is 0.533. The number of aryl methyl sites for hydroxylation is 2. The van der Waals surface area contributed by atoms with Crippen LogP contribution in [-0.4, -0.2) is 44.3 Å². The van der Waals surface area contributed by atoms with Crippen molar-refractivity contribution in [3.63, 3.8) is 0 Å². The molecule has 1 fully saturated rings. The van der Waals surface area contributed by atoms with Gasteiger partial charge in [-0.05, 0) is 31.4 Å². The van der Waals surface area contributed by atoms with Gasteiger partial charge < -0.3 is 4.90 Å². The summed E-state index contributed by atoms with van der Waals surface area (Å²) in [5.41, 5.74) is 3.36. The lowest BCUT2D eigenvalue weighted by Gasteiger charge is -2.26. The van der Waals surface area contributed by atoms with Gasteiger partial charge in [0.1, 0.15) is 16.0 Å². The smallest absolute Gasteiger partial charge is 0.238 e. The van der Waals surface area contributed by atoms with Crippen molar-refractivity contribution in [2.24, 2.45) is 0 Å². The van der Waals surface area contributed by atoms with Crippen LogP contribution in [0.2, 0.25) is 0 Å². The van der Waals surface area contributed by atoms with E-state index in [0.717, 1.165) is 16.7 Å². The first-order valence-corrected chi connectivity index (χ1v) is 9.12. The molecule has 0 saturated carbocycles. The second-order valence-corrected chi connectivity index (χ2v) is 7.97. The molecule has 1 heterocycles. The predicted molar refractivity (Wildman–Crippen MR) is 82.7 cm³/mol. The number of hydrogen-bond donors (Lipinski definition) is 1. The summed E-state index contributed by atoms with van der Waals surface area (Å²) in [5, 5.41) is 3.22. The van der Waals surface area contributed by atoms with E-state index in [2.05, 4.69) is 11.4 Å². The number of hydrogen-bond acceptors (Lipinski definition) is 4. The lowest BCUT2D eigenvalue weighted by Crippen LogP contribution is -2.32. The molecule has 0 aromatic heterocycles. The summed E-state index contributed by atoms with van der Waals surface area (Å²) >= 11 is 0. The maximum absolute atomic E-state index is 12.0. The molecule has 0 radical (unpaired) electrons. The third kappa shape index (κ3) is 4.04. The fourth-order valence-corrected chi connectivity index (χ4v) is 3.28. The molecule has 6 heteroatoms. The van der Waals surface area contributed by atoms with Gasteiger partial charge in [0.15, 0.2) is 0 Å². The minimum absolute atomic E-state index is 0.0226. The molecular weight excluding hydrogens is 288 g/mol. The Kier molecular flexibility index (Phi) is 4.68. The summed E-state index contributed by atoms with van der Waals surface area (Å²) in [6.45, 7) is 4.80. The highest BCUT2D eigenvalue weighted by Crippen LogP contribution is 2.26. The molecule has 116 valence electrons. The Morgan fingerprint density at radius 2 is 2.05 bits per heavy atom. The SMILES string of the molecule is Cc1ccc(C)c(C2NCC(=O)N2CCCS(C)(=O)=O)c1. The summed E-state index contributed by atoms with van der Waals surface area (Å²) in [6.07, 6.45) is 1.53. The van der Waals surface area contributed by atoms with Gasteiger partial charge in [-0.25, -0.2) is 8.42 Å². The lowest BCUT2D eigenvalue weighted by atomic mass is 10.0. The number of carbonyl (C=O) groups excluding carboxylic acids is 1. The number of amides is 1. The Bertz CT molecular complexity index is 640. The zero-order valence-electron chi connectivity index (χ0n) is 12.7. The van der Waals surface area contributed by atoms with Crippen LogP contribution in [0, 0.1) is 13.8 Å². The van der Waals surface area contributed by atoms with E-state index in [0.29, 0.717) is 19.5 Å². The van der Waals surface area contributed by atoms with E-state index in [1.807, 2.05) is 26.0 Å². The van der Waals surface area contributed by atoms with Gasteiger partial charge in [0, 0.05) is 12.8 Å². The average molecular weight is 310 g/mol. The molecule has 1 N–H and O–H groups in total. The summed E-state index contributed by atoms with van der Waals surface area (Å²) in [6, 6.07) is 6.17. The van der Waals surface area contributed by atoms with E-state index in [9.17, 15) is 13.2 Å². The first-order valence-electron chi connectivity index (χ1n) is 7.05. The fourth-order valence-electron chi connectivity index (χ4n) is 2.62. The van der Waals surface area contributed by atoms with E-state index in [-0.39, 0.29) is 17.8 Å². The highest BCUT2D eigenvalue weighted by molar-refractivity contribution is 7.90. The first-order chi connectivity index (χ1) is 9.78. The second kappa shape index (κ2) is 6.15. The highest BCUT2D eigenvalue weighted by atomic mass is 32.2. The third-order valence-electron chi connectivity index (χ3n) is 3.72. The van der Waals surface area contributed by atoms with Gasteiger partial charge in [-0.3, -0.25) is 10.1 Å². The Balaban J connectivity index is 2.14. The van der Waals surface area contributed by atoms with Crippen molar-refractivity contribution in [1.82, 2.24) is 10.2 Å². The predicted octanol–water partition coefficient (Wildman–Crippen LogP) is 1.17. The Labute approximate surface area is 126 Å². The van der Waals surface area contributed by atoms with Crippen LogP contribution in [0.5, 0.6) is 0 Å². The van der Waals surface area contributed by atoms with Crippen molar-refractivity contribution in [2.45, 2.75) is 26.4 Å². The molecule has 1 saturated heterocycles. The van der Waals surface area contributed by atoms with Crippen LogP contribution in [0.15, 0.2) is 18.2 Å². The van der Waals surface area contributed by atoms with Crippen LogP contribution in [0.1, 0.15) is 29.3 Å². The Morgan fingerprint density at radius 1 is 1.33 bits per heavy atom. The largest absolute Gasteiger partial charge is 0.322 e. The molecule has 5 nitrogen and oxygen atoms in total. The molecule has 0 spiro atoms. The number of nitrogens with zero attached hydrogens (tertiary/aromatic N) is 1. The molecule has 1 atom stereocenters. The number of rotatable bonds is 5. The standard InChI is InChI=1S/C15H22N2O3S/c1-11-5-6-12(2)13(9-11)15-16-10-14(18)17(15)7-4-8-21(3,19)20/h5-6,9,15-16H,4,7-8,10H2,1-3H3. The zero-order valence-corrected chi connectivity index (χ0v) is 13.5. The van der Waals surface area contributed by atoms with Gasteiger partial charge in [-0.2, -0.15) is 0 Å². The van der Waals surface area contributed by atoms with Gasteiger partial charge in [0.2, 0.25) is 5.91 Å². The Morgan fingerprint density at radius 3 is 2.71 bits per heavy atom.